The summed E-state index contributed by atoms with van der Waals surface area (Å²) in [6.45, 7) is 4.46. The molecule has 1 aromatic heterocycles. The number of para-hydroxylation sites is 1. The Morgan fingerprint density at radius 1 is 1.22 bits per heavy atom. The van der Waals surface area contributed by atoms with E-state index in [1.165, 1.54) is 45.2 Å². The number of hydrogen-bond acceptors (Lipinski definition) is 5. The van der Waals surface area contributed by atoms with Gasteiger partial charge in [-0.25, -0.2) is 4.98 Å². The smallest absolute Gasteiger partial charge is 0.258 e. The van der Waals surface area contributed by atoms with Crippen molar-refractivity contribution < 1.29 is 9.53 Å². The number of nitrogens with one attached hydrogen (secondary N) is 1. The number of benzene rings is 1. The second kappa shape index (κ2) is 11.1. The molecular formula is C25H36N4O3. The Morgan fingerprint density at radius 3 is 2.94 bits per heavy atom. The minimum atomic E-state index is -0.118. The molecule has 2 aliphatic rings. The van der Waals surface area contributed by atoms with E-state index in [9.17, 15) is 9.59 Å². The molecule has 0 aliphatic carbocycles. The zero-order valence-electron chi connectivity index (χ0n) is 19.2. The third kappa shape index (κ3) is 5.56. The molecule has 0 spiro atoms. The molecule has 1 amide bonds. The summed E-state index contributed by atoms with van der Waals surface area (Å²) < 4.78 is 5.29. The SMILES string of the molecule is COCCN(C[C@@H]1CCCN2CCCC[C@@H]12)C(=O)CCCc1nc2ccccc2c(=O)[nH]1. The van der Waals surface area contributed by atoms with Gasteiger partial charge in [-0.3, -0.25) is 9.59 Å². The van der Waals surface area contributed by atoms with Crippen LogP contribution in [0.25, 0.3) is 10.9 Å². The molecule has 0 radical (unpaired) electrons. The summed E-state index contributed by atoms with van der Waals surface area (Å²) in [6.07, 6.45) is 8.03. The summed E-state index contributed by atoms with van der Waals surface area (Å²) in [5, 5.41) is 0.599. The van der Waals surface area contributed by atoms with Crippen LogP contribution in [0.2, 0.25) is 0 Å². The van der Waals surface area contributed by atoms with Crippen molar-refractivity contribution in [3.63, 3.8) is 0 Å². The van der Waals surface area contributed by atoms with Gasteiger partial charge in [0.1, 0.15) is 5.82 Å². The molecule has 2 saturated heterocycles. The minimum Gasteiger partial charge on any atom is -0.383 e. The van der Waals surface area contributed by atoms with Crippen LogP contribution in [-0.2, 0) is 16.0 Å². The van der Waals surface area contributed by atoms with Gasteiger partial charge < -0.3 is 19.5 Å². The first kappa shape index (κ1) is 22.9. The first-order valence-electron chi connectivity index (χ1n) is 12.1. The van der Waals surface area contributed by atoms with E-state index in [1.54, 1.807) is 13.2 Å². The summed E-state index contributed by atoms with van der Waals surface area (Å²) >= 11 is 0. The van der Waals surface area contributed by atoms with Gasteiger partial charge in [0, 0.05) is 39.1 Å². The molecule has 2 fully saturated rings. The van der Waals surface area contributed by atoms with Crippen molar-refractivity contribution in [1.82, 2.24) is 19.8 Å². The maximum absolute atomic E-state index is 13.1. The molecule has 0 saturated carbocycles. The van der Waals surface area contributed by atoms with Crippen LogP contribution < -0.4 is 5.56 Å². The normalized spacial score (nSPS) is 21.4. The van der Waals surface area contributed by atoms with Crippen molar-refractivity contribution >= 4 is 16.8 Å². The van der Waals surface area contributed by atoms with Crippen molar-refractivity contribution in [1.29, 1.82) is 0 Å². The predicted octanol–water partition coefficient (Wildman–Crippen LogP) is 2.99. The third-order valence-electron chi connectivity index (χ3n) is 7.07. The molecule has 32 heavy (non-hydrogen) atoms. The lowest BCUT2D eigenvalue weighted by Gasteiger charge is -2.45. The van der Waals surface area contributed by atoms with Crippen molar-refractivity contribution in [2.45, 2.75) is 57.4 Å². The standard InChI is InChI=1S/C25H36N4O3/c1-32-17-16-29(18-19-8-7-15-28-14-5-4-11-22(19)28)24(30)13-6-12-23-26-21-10-3-2-9-20(21)25(31)27-23/h2-3,9-10,19,22H,4-8,11-18H2,1H3,(H,26,27,31)/t19-,22-/m0/s1. The lowest BCUT2D eigenvalue weighted by molar-refractivity contribution is -0.133. The number of methoxy groups -OCH3 is 1. The molecule has 174 valence electrons. The van der Waals surface area contributed by atoms with E-state index in [0.29, 0.717) is 61.1 Å². The number of carbonyl (C=O) groups excluding carboxylic acids is 1. The first-order valence-corrected chi connectivity index (χ1v) is 12.1. The molecule has 7 nitrogen and oxygen atoms in total. The van der Waals surface area contributed by atoms with E-state index in [2.05, 4.69) is 14.9 Å². The summed E-state index contributed by atoms with van der Waals surface area (Å²) in [6, 6.07) is 7.98. The maximum atomic E-state index is 13.1. The van der Waals surface area contributed by atoms with Gasteiger partial charge >= 0.3 is 0 Å². The number of aromatic amines is 1. The van der Waals surface area contributed by atoms with Crippen LogP contribution in [0.15, 0.2) is 29.1 Å². The van der Waals surface area contributed by atoms with Gasteiger partial charge in [-0.1, -0.05) is 18.6 Å². The Kier molecular flexibility index (Phi) is 7.92. The fourth-order valence-corrected chi connectivity index (χ4v) is 5.41. The van der Waals surface area contributed by atoms with E-state index in [4.69, 9.17) is 4.74 Å². The molecule has 3 heterocycles. The van der Waals surface area contributed by atoms with Crippen molar-refractivity contribution in [2.75, 3.05) is 39.9 Å². The Bertz CT molecular complexity index is 958. The Morgan fingerprint density at radius 2 is 2.06 bits per heavy atom. The number of H-pyrrole nitrogens is 1. The largest absolute Gasteiger partial charge is 0.383 e. The number of hydrogen-bond donors (Lipinski definition) is 1. The maximum Gasteiger partial charge on any atom is 0.258 e. The zero-order chi connectivity index (χ0) is 22.3. The second-order valence-electron chi connectivity index (χ2n) is 9.22. The van der Waals surface area contributed by atoms with Gasteiger partial charge in [-0.05, 0) is 63.2 Å². The number of rotatable bonds is 9. The number of fused-ring (bicyclic) bond motifs is 2. The molecule has 7 heteroatoms. The molecule has 0 bridgehead atoms. The number of aryl methyl sites for hydroxylation is 1. The molecule has 2 atom stereocenters. The fourth-order valence-electron chi connectivity index (χ4n) is 5.41. The average molecular weight is 441 g/mol. The number of piperidine rings is 2. The Balaban J connectivity index is 1.35. The highest BCUT2D eigenvalue weighted by molar-refractivity contribution is 5.77. The number of carbonyl (C=O) groups is 1. The number of nitrogens with zero attached hydrogens (tertiary/aromatic N) is 3. The highest BCUT2D eigenvalue weighted by atomic mass is 16.5. The van der Waals surface area contributed by atoms with Gasteiger partial charge in [0.05, 0.1) is 17.5 Å². The van der Waals surface area contributed by atoms with Gasteiger partial charge in [0.15, 0.2) is 0 Å². The van der Waals surface area contributed by atoms with Crippen LogP contribution in [0.1, 0.15) is 50.8 Å². The van der Waals surface area contributed by atoms with Crippen LogP contribution in [0.3, 0.4) is 0 Å². The summed E-state index contributed by atoms with van der Waals surface area (Å²) in [5.74, 6) is 1.39. The van der Waals surface area contributed by atoms with Crippen molar-refractivity contribution in [3.05, 3.63) is 40.4 Å². The van der Waals surface area contributed by atoms with Crippen molar-refractivity contribution in [2.24, 2.45) is 5.92 Å². The van der Waals surface area contributed by atoms with Crippen LogP contribution in [0.4, 0.5) is 0 Å². The van der Waals surface area contributed by atoms with E-state index < -0.39 is 0 Å². The highest BCUT2D eigenvalue weighted by Crippen LogP contribution is 2.31. The molecular weight excluding hydrogens is 404 g/mol. The van der Waals surface area contributed by atoms with E-state index >= 15 is 0 Å². The van der Waals surface area contributed by atoms with Crippen LogP contribution in [-0.4, -0.2) is 71.6 Å². The predicted molar refractivity (Wildman–Crippen MR) is 126 cm³/mol. The second-order valence-corrected chi connectivity index (χ2v) is 9.22. The van der Waals surface area contributed by atoms with Gasteiger partial charge in [-0.15, -0.1) is 0 Å². The fraction of sp³-hybridized carbons (Fsp3) is 0.640. The number of aromatic nitrogens is 2. The minimum absolute atomic E-state index is 0.118. The highest BCUT2D eigenvalue weighted by Gasteiger charge is 2.34. The lowest BCUT2D eigenvalue weighted by Crippen LogP contribution is -2.52. The summed E-state index contributed by atoms with van der Waals surface area (Å²) in [4.78, 5) is 37.5. The summed E-state index contributed by atoms with van der Waals surface area (Å²) in [5.41, 5.74) is 0.585. The van der Waals surface area contributed by atoms with E-state index in [0.717, 1.165) is 6.54 Å². The average Bonchev–Trinajstić information content (AvgIpc) is 2.82. The van der Waals surface area contributed by atoms with E-state index in [1.807, 2.05) is 23.1 Å². The molecule has 1 N–H and O–H groups in total. The van der Waals surface area contributed by atoms with Gasteiger partial charge in [0.2, 0.25) is 5.91 Å². The van der Waals surface area contributed by atoms with Crippen molar-refractivity contribution in [3.8, 4) is 0 Å². The Labute approximate surface area is 190 Å². The molecule has 1 aromatic carbocycles. The monoisotopic (exact) mass is 440 g/mol. The first-order chi connectivity index (χ1) is 15.7. The van der Waals surface area contributed by atoms with Crippen LogP contribution in [0, 0.1) is 5.92 Å². The summed E-state index contributed by atoms with van der Waals surface area (Å²) in [7, 11) is 1.69. The third-order valence-corrected chi connectivity index (χ3v) is 7.07. The molecule has 2 aromatic rings. The molecule has 0 unspecified atom stereocenters. The lowest BCUT2D eigenvalue weighted by atomic mass is 9.83. The topological polar surface area (TPSA) is 78.5 Å². The van der Waals surface area contributed by atoms with Crippen LogP contribution in [0.5, 0.6) is 0 Å². The van der Waals surface area contributed by atoms with E-state index in [-0.39, 0.29) is 11.5 Å². The zero-order valence-corrected chi connectivity index (χ0v) is 19.2. The quantitative estimate of drug-likeness (QED) is 0.649. The number of amides is 1. The van der Waals surface area contributed by atoms with Crippen LogP contribution >= 0.6 is 0 Å². The number of ether oxygens (including phenoxy) is 1. The molecule has 2 aliphatic heterocycles. The molecule has 4 rings (SSSR count). The van der Waals surface area contributed by atoms with Gasteiger partial charge in [-0.2, -0.15) is 0 Å². The van der Waals surface area contributed by atoms with Gasteiger partial charge in [0.25, 0.3) is 5.56 Å². The Hall–Kier alpha value is -2.25.